The number of fused-ring (bicyclic) bond motifs is 1. The van der Waals surface area contributed by atoms with E-state index in [1.165, 1.54) is 0 Å². The molecule has 33 heavy (non-hydrogen) atoms. The molecule has 4 rings (SSSR count). The minimum atomic E-state index is -0.240. The van der Waals surface area contributed by atoms with Gasteiger partial charge in [-0.25, -0.2) is 4.79 Å². The van der Waals surface area contributed by atoms with Crippen molar-refractivity contribution in [3.05, 3.63) is 60.3 Å². The third-order valence-electron chi connectivity index (χ3n) is 6.11. The molecule has 168 valence electrons. The lowest BCUT2D eigenvalue weighted by Crippen LogP contribution is -2.42. The zero-order valence-corrected chi connectivity index (χ0v) is 18.7. The zero-order valence-electron chi connectivity index (χ0n) is 18.7. The molecular weight excluding hydrogens is 414 g/mol. The summed E-state index contributed by atoms with van der Waals surface area (Å²) in [4.78, 5) is 30.6. The van der Waals surface area contributed by atoms with E-state index in [1.807, 2.05) is 48.2 Å². The molecule has 0 spiro atoms. The third kappa shape index (κ3) is 5.47. The van der Waals surface area contributed by atoms with Gasteiger partial charge < -0.3 is 15.5 Å². The molecule has 0 atom stereocenters. The first-order valence-electron chi connectivity index (χ1n) is 11.3. The lowest BCUT2D eigenvalue weighted by atomic mass is 9.96. The molecule has 2 aromatic carbocycles. The van der Waals surface area contributed by atoms with Gasteiger partial charge in [0.2, 0.25) is 5.91 Å². The van der Waals surface area contributed by atoms with Gasteiger partial charge in [0, 0.05) is 48.9 Å². The van der Waals surface area contributed by atoms with E-state index in [1.54, 1.807) is 18.3 Å². The van der Waals surface area contributed by atoms with Gasteiger partial charge in [-0.15, -0.1) is 0 Å². The van der Waals surface area contributed by atoms with Crippen LogP contribution in [0, 0.1) is 17.2 Å². The number of amides is 3. The van der Waals surface area contributed by atoms with E-state index in [2.05, 4.69) is 21.7 Å². The Bertz CT molecular complexity index is 1190. The Hall–Kier alpha value is -3.92. The molecule has 0 aliphatic carbocycles. The highest BCUT2D eigenvalue weighted by atomic mass is 16.2. The fourth-order valence-corrected chi connectivity index (χ4v) is 4.12. The van der Waals surface area contributed by atoms with Crippen molar-refractivity contribution in [2.75, 3.05) is 25.0 Å². The van der Waals surface area contributed by atoms with Crippen molar-refractivity contribution in [3.8, 4) is 17.2 Å². The fraction of sp³-hybridized carbons (Fsp3) is 0.308. The smallest absolute Gasteiger partial charge is 0.319 e. The normalized spacial score (nSPS) is 14.0. The standard InChI is InChI=1S/C26H27N5O2/c1-2-25(32)31-11-9-19(10-12-31)16-29-26(33)30-23-8-7-21-13-22(17-28-24(21)14-23)20-5-3-18(15-27)4-6-20/h3-8,13-14,17,19H,2,9-12,16H2,1H3,(H2,29,30,33). The molecule has 0 bridgehead atoms. The minimum absolute atomic E-state index is 0.202. The molecule has 1 aromatic heterocycles. The van der Waals surface area contributed by atoms with Crippen molar-refractivity contribution < 1.29 is 9.59 Å². The second-order valence-corrected chi connectivity index (χ2v) is 8.33. The lowest BCUT2D eigenvalue weighted by Gasteiger charge is -2.31. The lowest BCUT2D eigenvalue weighted by molar-refractivity contribution is -0.132. The number of piperidine rings is 1. The number of hydrogen-bond donors (Lipinski definition) is 2. The number of hydrogen-bond acceptors (Lipinski definition) is 4. The summed E-state index contributed by atoms with van der Waals surface area (Å²) < 4.78 is 0. The monoisotopic (exact) mass is 441 g/mol. The number of benzene rings is 2. The largest absolute Gasteiger partial charge is 0.343 e. The van der Waals surface area contributed by atoms with E-state index >= 15 is 0 Å². The number of rotatable bonds is 5. The van der Waals surface area contributed by atoms with E-state index in [4.69, 9.17) is 5.26 Å². The number of aromatic nitrogens is 1. The Morgan fingerprint density at radius 1 is 1.09 bits per heavy atom. The topological polar surface area (TPSA) is 98.1 Å². The highest BCUT2D eigenvalue weighted by molar-refractivity contribution is 5.93. The van der Waals surface area contributed by atoms with Crippen molar-refractivity contribution in [3.63, 3.8) is 0 Å². The second kappa shape index (κ2) is 10.1. The van der Waals surface area contributed by atoms with Crippen LogP contribution in [0.2, 0.25) is 0 Å². The van der Waals surface area contributed by atoms with Crippen LogP contribution in [0.5, 0.6) is 0 Å². The molecule has 1 fully saturated rings. The first-order valence-corrected chi connectivity index (χ1v) is 11.3. The Morgan fingerprint density at radius 3 is 2.55 bits per heavy atom. The van der Waals surface area contributed by atoms with Gasteiger partial charge in [0.25, 0.3) is 0 Å². The summed E-state index contributed by atoms with van der Waals surface area (Å²) in [6.07, 6.45) is 4.16. The van der Waals surface area contributed by atoms with Gasteiger partial charge in [-0.2, -0.15) is 5.26 Å². The molecule has 1 aliphatic rings. The van der Waals surface area contributed by atoms with Crippen LogP contribution in [0.1, 0.15) is 31.7 Å². The van der Waals surface area contributed by atoms with Gasteiger partial charge in [0.1, 0.15) is 0 Å². The summed E-state index contributed by atoms with van der Waals surface area (Å²) in [5, 5.41) is 15.8. The third-order valence-corrected chi connectivity index (χ3v) is 6.11. The number of nitrogens with one attached hydrogen (secondary N) is 2. The van der Waals surface area contributed by atoms with Gasteiger partial charge in [0.05, 0.1) is 17.1 Å². The minimum Gasteiger partial charge on any atom is -0.343 e. The van der Waals surface area contributed by atoms with Crippen LogP contribution in [0.25, 0.3) is 22.0 Å². The number of likely N-dealkylation sites (tertiary alicyclic amines) is 1. The van der Waals surface area contributed by atoms with Crippen molar-refractivity contribution in [2.45, 2.75) is 26.2 Å². The Morgan fingerprint density at radius 2 is 1.85 bits per heavy atom. The van der Waals surface area contributed by atoms with E-state index in [9.17, 15) is 9.59 Å². The fourth-order valence-electron chi connectivity index (χ4n) is 4.12. The Labute approximate surface area is 193 Å². The molecule has 1 saturated heterocycles. The van der Waals surface area contributed by atoms with E-state index < -0.39 is 0 Å². The average molecular weight is 442 g/mol. The molecule has 2 heterocycles. The summed E-state index contributed by atoms with van der Waals surface area (Å²) in [6, 6.07) is 17.0. The predicted molar refractivity (Wildman–Crippen MR) is 129 cm³/mol. The van der Waals surface area contributed by atoms with Crippen LogP contribution in [-0.2, 0) is 4.79 Å². The quantitative estimate of drug-likeness (QED) is 0.607. The van der Waals surface area contributed by atoms with Crippen LogP contribution < -0.4 is 10.6 Å². The summed E-state index contributed by atoms with van der Waals surface area (Å²) in [5.74, 6) is 0.587. The molecule has 2 N–H and O–H groups in total. The molecule has 0 unspecified atom stereocenters. The summed E-state index contributed by atoms with van der Waals surface area (Å²) >= 11 is 0. The second-order valence-electron chi connectivity index (χ2n) is 8.33. The highest BCUT2D eigenvalue weighted by Crippen LogP contribution is 2.25. The van der Waals surface area contributed by atoms with Crippen LogP contribution in [0.3, 0.4) is 0 Å². The maximum atomic E-state index is 12.4. The van der Waals surface area contributed by atoms with Crippen LogP contribution >= 0.6 is 0 Å². The van der Waals surface area contributed by atoms with Crippen molar-refractivity contribution >= 4 is 28.5 Å². The highest BCUT2D eigenvalue weighted by Gasteiger charge is 2.22. The molecule has 1 aliphatic heterocycles. The molecular formula is C26H27N5O2. The molecule has 0 saturated carbocycles. The zero-order chi connectivity index (χ0) is 23.2. The molecule has 0 radical (unpaired) electrons. The number of carbonyl (C=O) groups excluding carboxylic acids is 2. The van der Waals surface area contributed by atoms with E-state index in [0.717, 1.165) is 48.0 Å². The number of nitrogens with zero attached hydrogens (tertiary/aromatic N) is 3. The van der Waals surface area contributed by atoms with Gasteiger partial charge in [-0.3, -0.25) is 9.78 Å². The first kappa shape index (κ1) is 22.3. The van der Waals surface area contributed by atoms with Crippen molar-refractivity contribution in [2.24, 2.45) is 5.92 Å². The molecule has 3 aromatic rings. The number of urea groups is 1. The van der Waals surface area contributed by atoms with Crippen LogP contribution in [0.4, 0.5) is 10.5 Å². The number of anilines is 1. The van der Waals surface area contributed by atoms with Crippen LogP contribution in [0.15, 0.2) is 54.7 Å². The summed E-state index contributed by atoms with van der Waals surface area (Å²) in [7, 11) is 0. The van der Waals surface area contributed by atoms with Gasteiger partial charge in [-0.05, 0) is 54.7 Å². The maximum Gasteiger partial charge on any atom is 0.319 e. The molecule has 7 nitrogen and oxygen atoms in total. The maximum absolute atomic E-state index is 12.4. The van der Waals surface area contributed by atoms with Crippen molar-refractivity contribution in [1.82, 2.24) is 15.2 Å². The van der Waals surface area contributed by atoms with Gasteiger partial charge in [0.15, 0.2) is 0 Å². The molecule has 7 heteroatoms. The number of nitriles is 1. The van der Waals surface area contributed by atoms with Crippen LogP contribution in [-0.4, -0.2) is 41.5 Å². The number of carbonyl (C=O) groups is 2. The summed E-state index contributed by atoms with van der Waals surface area (Å²) in [6.45, 7) is 4.01. The molecule has 3 amide bonds. The van der Waals surface area contributed by atoms with Crippen molar-refractivity contribution in [1.29, 1.82) is 5.26 Å². The van der Waals surface area contributed by atoms with E-state index in [0.29, 0.717) is 30.1 Å². The first-order chi connectivity index (χ1) is 16.1. The summed E-state index contributed by atoms with van der Waals surface area (Å²) in [5.41, 5.74) is 4.06. The number of pyridine rings is 1. The Kier molecular flexibility index (Phi) is 6.84. The predicted octanol–water partition coefficient (Wildman–Crippen LogP) is 4.54. The van der Waals surface area contributed by atoms with E-state index in [-0.39, 0.29) is 11.9 Å². The van der Waals surface area contributed by atoms with Gasteiger partial charge in [-0.1, -0.05) is 25.1 Å². The van der Waals surface area contributed by atoms with Gasteiger partial charge >= 0.3 is 6.03 Å². The Balaban J connectivity index is 1.32. The average Bonchev–Trinajstić information content (AvgIpc) is 2.87. The SMILES string of the molecule is CCC(=O)N1CCC(CNC(=O)Nc2ccc3cc(-c4ccc(C#N)cc4)cnc3c2)CC1.